The van der Waals surface area contributed by atoms with Crippen LogP contribution in [0.1, 0.15) is 65.4 Å². The van der Waals surface area contributed by atoms with Gasteiger partial charge in [-0.05, 0) is 48.2 Å². The van der Waals surface area contributed by atoms with Gasteiger partial charge < -0.3 is 4.74 Å². The highest BCUT2D eigenvalue weighted by atomic mass is 16.5. The molecule has 2 aromatic carbocycles. The summed E-state index contributed by atoms with van der Waals surface area (Å²) < 4.78 is 5.72. The minimum absolute atomic E-state index is 0.335. The van der Waals surface area contributed by atoms with Crippen LogP contribution in [-0.4, -0.2) is 17.7 Å². The van der Waals surface area contributed by atoms with E-state index in [1.807, 2.05) is 76.2 Å². The highest BCUT2D eigenvalue weighted by molar-refractivity contribution is 5.74. The van der Waals surface area contributed by atoms with Crippen molar-refractivity contribution in [1.29, 1.82) is 5.26 Å². The van der Waals surface area contributed by atoms with Gasteiger partial charge in [-0.2, -0.15) is 5.26 Å². The number of unbranched alkanes of at least 4 members (excludes halogenated alkanes) is 3. The molecule has 0 aliphatic rings. The van der Waals surface area contributed by atoms with Crippen LogP contribution in [0.2, 0.25) is 0 Å². The summed E-state index contributed by atoms with van der Waals surface area (Å²) in [6.45, 7) is 8.64. The molecule has 0 heterocycles. The number of amides is 1. The lowest BCUT2D eigenvalue weighted by Crippen LogP contribution is -2.17. The average molecular weight is 399 g/mol. The van der Waals surface area contributed by atoms with Gasteiger partial charge in [0.05, 0.1) is 18.2 Å². The van der Waals surface area contributed by atoms with Crippen molar-refractivity contribution in [3.63, 3.8) is 0 Å². The Kier molecular flexibility index (Phi) is 15.6. The Morgan fingerprint density at radius 3 is 1.93 bits per heavy atom. The third-order valence-corrected chi connectivity index (χ3v) is 3.89. The molecule has 0 saturated heterocycles. The first-order valence-corrected chi connectivity index (χ1v) is 10.4. The minimum Gasteiger partial charge on any atom is -0.494 e. The lowest BCUT2D eigenvalue weighted by atomic mass is 10.0. The molecular formula is C24H34N2O3. The van der Waals surface area contributed by atoms with Gasteiger partial charge in [0.15, 0.2) is 0 Å². The van der Waals surface area contributed by atoms with Crippen LogP contribution in [0.4, 0.5) is 0 Å². The van der Waals surface area contributed by atoms with E-state index >= 15 is 0 Å². The van der Waals surface area contributed by atoms with Crippen LogP contribution in [-0.2, 0) is 4.79 Å². The maximum Gasteiger partial charge on any atom is 0.243 e. The van der Waals surface area contributed by atoms with Gasteiger partial charge in [0.2, 0.25) is 5.91 Å². The zero-order valence-corrected chi connectivity index (χ0v) is 18.1. The van der Waals surface area contributed by atoms with E-state index in [1.165, 1.54) is 0 Å². The smallest absolute Gasteiger partial charge is 0.243 e. The van der Waals surface area contributed by atoms with Crippen molar-refractivity contribution < 1.29 is 14.7 Å². The SMILES string of the molecule is CC.CC.N#Cc1ccc(-c2ccc(OCCCCCCC(=O)NO)cc2)cc1. The molecule has 0 bridgehead atoms. The Bertz CT molecular complexity index is 704. The number of rotatable bonds is 9. The summed E-state index contributed by atoms with van der Waals surface area (Å²) in [6.07, 6.45) is 3.98. The standard InChI is InChI=1S/C20H22N2O3.2C2H6/c21-15-16-6-8-17(9-7-16)18-10-12-19(13-11-18)25-14-4-2-1-3-5-20(23)22-24;2*1-2/h6-13,24H,1-5,14H2,(H,22,23);2*1-2H3. The fourth-order valence-electron chi connectivity index (χ4n) is 2.47. The van der Waals surface area contributed by atoms with Crippen molar-refractivity contribution in [3.8, 4) is 22.9 Å². The first-order chi connectivity index (χ1) is 14.2. The molecule has 2 aromatic rings. The molecule has 0 radical (unpaired) electrons. The monoisotopic (exact) mass is 398 g/mol. The quantitative estimate of drug-likeness (QED) is 0.303. The lowest BCUT2D eigenvalue weighted by Gasteiger charge is -2.07. The van der Waals surface area contributed by atoms with E-state index in [9.17, 15) is 4.79 Å². The van der Waals surface area contributed by atoms with Crippen LogP contribution in [0.25, 0.3) is 11.1 Å². The summed E-state index contributed by atoms with van der Waals surface area (Å²) in [5.41, 5.74) is 4.44. The normalized spacial score (nSPS) is 9.10. The van der Waals surface area contributed by atoms with Gasteiger partial charge in [-0.25, -0.2) is 5.48 Å². The van der Waals surface area contributed by atoms with Crippen molar-refractivity contribution >= 4 is 5.91 Å². The minimum atomic E-state index is -0.335. The number of hydrogen-bond donors (Lipinski definition) is 2. The Hall–Kier alpha value is -2.84. The van der Waals surface area contributed by atoms with Crippen LogP contribution in [0.3, 0.4) is 0 Å². The number of benzene rings is 2. The van der Waals surface area contributed by atoms with Gasteiger partial charge in [0.25, 0.3) is 0 Å². The molecule has 158 valence electrons. The molecule has 0 fully saturated rings. The topological polar surface area (TPSA) is 82.3 Å². The van der Waals surface area contributed by atoms with E-state index in [-0.39, 0.29) is 5.91 Å². The Morgan fingerprint density at radius 2 is 1.41 bits per heavy atom. The highest BCUT2D eigenvalue weighted by Gasteiger charge is 2.01. The van der Waals surface area contributed by atoms with E-state index in [4.69, 9.17) is 15.2 Å². The molecule has 0 aromatic heterocycles. The van der Waals surface area contributed by atoms with Crippen molar-refractivity contribution in [2.75, 3.05) is 6.61 Å². The first kappa shape index (κ1) is 26.2. The Morgan fingerprint density at radius 1 is 0.897 bits per heavy atom. The first-order valence-electron chi connectivity index (χ1n) is 10.4. The molecule has 0 spiro atoms. The lowest BCUT2D eigenvalue weighted by molar-refractivity contribution is -0.129. The molecule has 0 atom stereocenters. The molecule has 1 amide bonds. The van der Waals surface area contributed by atoms with Gasteiger partial charge in [-0.3, -0.25) is 10.0 Å². The van der Waals surface area contributed by atoms with Crippen LogP contribution < -0.4 is 10.2 Å². The van der Waals surface area contributed by atoms with Crippen molar-refractivity contribution in [1.82, 2.24) is 5.48 Å². The third-order valence-electron chi connectivity index (χ3n) is 3.89. The van der Waals surface area contributed by atoms with E-state index in [2.05, 4.69) is 6.07 Å². The molecule has 2 rings (SSSR count). The van der Waals surface area contributed by atoms with Crippen molar-refractivity contribution in [3.05, 3.63) is 54.1 Å². The molecule has 0 aliphatic carbocycles. The Labute approximate surface area is 175 Å². The van der Waals surface area contributed by atoms with E-state index < -0.39 is 0 Å². The number of hydrogen-bond acceptors (Lipinski definition) is 4. The molecule has 5 nitrogen and oxygen atoms in total. The molecule has 0 unspecified atom stereocenters. The Balaban J connectivity index is 0.00000184. The third kappa shape index (κ3) is 10.9. The van der Waals surface area contributed by atoms with Gasteiger partial charge in [-0.15, -0.1) is 0 Å². The van der Waals surface area contributed by atoms with E-state index in [1.54, 1.807) is 5.48 Å². The van der Waals surface area contributed by atoms with Gasteiger partial charge in [-0.1, -0.05) is 64.8 Å². The molecular weight excluding hydrogens is 364 g/mol. The maximum absolute atomic E-state index is 10.8. The summed E-state index contributed by atoms with van der Waals surface area (Å²) in [5.74, 6) is 0.496. The van der Waals surface area contributed by atoms with Gasteiger partial charge >= 0.3 is 0 Å². The van der Waals surface area contributed by atoms with Crippen LogP contribution in [0, 0.1) is 11.3 Å². The fraction of sp³-hybridized carbons (Fsp3) is 0.417. The fourth-order valence-corrected chi connectivity index (χ4v) is 2.47. The molecule has 5 heteroatoms. The molecule has 29 heavy (non-hydrogen) atoms. The summed E-state index contributed by atoms with van der Waals surface area (Å²) in [6, 6.07) is 17.5. The summed E-state index contributed by atoms with van der Waals surface area (Å²) in [4.78, 5) is 10.8. The predicted octanol–water partition coefficient (Wildman–Crippen LogP) is 6.11. The van der Waals surface area contributed by atoms with Crippen molar-refractivity contribution in [2.24, 2.45) is 0 Å². The summed E-state index contributed by atoms with van der Waals surface area (Å²) in [5, 5.41) is 17.2. The number of nitrogens with one attached hydrogen (secondary N) is 1. The molecule has 0 aliphatic heterocycles. The van der Waals surface area contributed by atoms with E-state index in [0.717, 1.165) is 42.6 Å². The van der Waals surface area contributed by atoms with Gasteiger partial charge in [0, 0.05) is 6.42 Å². The van der Waals surface area contributed by atoms with Crippen LogP contribution >= 0.6 is 0 Å². The number of nitrogens with zero attached hydrogens (tertiary/aromatic N) is 1. The predicted molar refractivity (Wildman–Crippen MR) is 118 cm³/mol. The second-order valence-corrected chi connectivity index (χ2v) is 5.76. The zero-order valence-electron chi connectivity index (χ0n) is 18.1. The molecule has 0 saturated carbocycles. The summed E-state index contributed by atoms with van der Waals surface area (Å²) in [7, 11) is 0. The number of carbonyl (C=O) groups excluding carboxylic acids is 1. The number of nitriles is 1. The largest absolute Gasteiger partial charge is 0.494 e. The highest BCUT2D eigenvalue weighted by Crippen LogP contribution is 2.23. The van der Waals surface area contributed by atoms with Crippen LogP contribution in [0.15, 0.2) is 48.5 Å². The number of ether oxygens (including phenoxy) is 1. The van der Waals surface area contributed by atoms with E-state index in [0.29, 0.717) is 18.6 Å². The average Bonchev–Trinajstić information content (AvgIpc) is 2.81. The second kappa shape index (κ2) is 17.3. The molecule has 2 N–H and O–H groups in total. The second-order valence-electron chi connectivity index (χ2n) is 5.76. The maximum atomic E-state index is 10.8. The van der Waals surface area contributed by atoms with Crippen LogP contribution in [0.5, 0.6) is 5.75 Å². The van der Waals surface area contributed by atoms with Crippen molar-refractivity contribution in [2.45, 2.75) is 59.8 Å². The number of carbonyl (C=O) groups is 1. The van der Waals surface area contributed by atoms with Gasteiger partial charge in [0.1, 0.15) is 5.75 Å². The zero-order chi connectivity index (χ0) is 21.9. The summed E-state index contributed by atoms with van der Waals surface area (Å²) >= 11 is 0. The number of hydroxylamine groups is 1.